The monoisotopic (exact) mass is 422 g/mol. The third-order valence-electron chi connectivity index (χ3n) is 6.42. The summed E-state index contributed by atoms with van der Waals surface area (Å²) in [4.78, 5) is 29.6. The molecule has 6 nitrogen and oxygen atoms in total. The van der Waals surface area contributed by atoms with Gasteiger partial charge in [-0.05, 0) is 51.3 Å². The largest absolute Gasteiger partial charge is 0.338 e. The Bertz CT molecular complexity index is 955. The Balaban J connectivity index is 1.41. The van der Waals surface area contributed by atoms with Gasteiger partial charge in [0.2, 0.25) is 11.8 Å². The predicted molar refractivity (Wildman–Crippen MR) is 122 cm³/mol. The highest BCUT2D eigenvalue weighted by Gasteiger charge is 2.38. The summed E-state index contributed by atoms with van der Waals surface area (Å²) >= 11 is 0. The molecule has 0 bridgehead atoms. The number of hydrogen-bond acceptors (Lipinski definition) is 3. The number of aryl methyl sites for hydroxylation is 1. The van der Waals surface area contributed by atoms with E-state index in [-0.39, 0.29) is 23.3 Å². The molecule has 2 aliphatic rings. The normalized spacial score (nSPS) is 19.1. The minimum Gasteiger partial charge on any atom is -0.338 e. The summed E-state index contributed by atoms with van der Waals surface area (Å²) in [6.45, 7) is 10.4. The van der Waals surface area contributed by atoms with Gasteiger partial charge < -0.3 is 9.80 Å². The van der Waals surface area contributed by atoms with E-state index in [2.05, 4.69) is 49.6 Å². The predicted octanol–water partition coefficient (Wildman–Crippen LogP) is 3.92. The summed E-state index contributed by atoms with van der Waals surface area (Å²) in [5.74, 6) is -0.144. The van der Waals surface area contributed by atoms with Crippen molar-refractivity contribution in [1.82, 2.24) is 14.7 Å². The van der Waals surface area contributed by atoms with Crippen LogP contribution in [0.2, 0.25) is 0 Å². The molecule has 0 radical (unpaired) electrons. The van der Waals surface area contributed by atoms with Gasteiger partial charge in [-0.2, -0.15) is 5.10 Å². The van der Waals surface area contributed by atoms with E-state index < -0.39 is 0 Å². The van der Waals surface area contributed by atoms with Crippen molar-refractivity contribution in [2.45, 2.75) is 71.9 Å². The SMILES string of the molecule is CCCCc1ccc(N2CC(C(=O)N3CCc4c(cnn4C(C)(C)C)C3)CC2=O)cc1. The maximum atomic E-state index is 13.2. The number of benzene rings is 1. The number of rotatable bonds is 5. The van der Waals surface area contributed by atoms with Gasteiger partial charge in [-0.1, -0.05) is 25.5 Å². The number of amides is 2. The lowest BCUT2D eigenvalue weighted by Gasteiger charge is -2.31. The van der Waals surface area contributed by atoms with Gasteiger partial charge in [0, 0.05) is 49.4 Å². The van der Waals surface area contributed by atoms with Crippen LogP contribution in [0.5, 0.6) is 0 Å². The Morgan fingerprint density at radius 1 is 1.19 bits per heavy atom. The Morgan fingerprint density at radius 2 is 1.94 bits per heavy atom. The maximum Gasteiger partial charge on any atom is 0.228 e. The van der Waals surface area contributed by atoms with Crippen molar-refractivity contribution in [3.05, 3.63) is 47.3 Å². The van der Waals surface area contributed by atoms with Crippen LogP contribution >= 0.6 is 0 Å². The molecule has 0 spiro atoms. The molecule has 0 saturated carbocycles. The topological polar surface area (TPSA) is 58.4 Å². The van der Waals surface area contributed by atoms with Crippen LogP contribution < -0.4 is 4.90 Å². The van der Waals surface area contributed by atoms with Gasteiger partial charge in [0.15, 0.2) is 0 Å². The van der Waals surface area contributed by atoms with Crippen molar-refractivity contribution < 1.29 is 9.59 Å². The number of hydrogen-bond donors (Lipinski definition) is 0. The summed E-state index contributed by atoms with van der Waals surface area (Å²) in [6, 6.07) is 8.24. The molecule has 0 N–H and O–H groups in total. The summed E-state index contributed by atoms with van der Waals surface area (Å²) in [5, 5.41) is 4.57. The molecule has 4 rings (SSSR count). The molecule has 2 amide bonds. The van der Waals surface area contributed by atoms with E-state index in [1.165, 1.54) is 24.1 Å². The van der Waals surface area contributed by atoms with Crippen LogP contribution in [-0.2, 0) is 34.5 Å². The average molecular weight is 423 g/mol. The Morgan fingerprint density at radius 3 is 2.61 bits per heavy atom. The highest BCUT2D eigenvalue weighted by atomic mass is 16.2. The van der Waals surface area contributed by atoms with Crippen LogP contribution in [0.1, 0.15) is 63.8 Å². The Hall–Kier alpha value is -2.63. The number of unbranched alkanes of at least 4 members (excludes halogenated alkanes) is 1. The number of carbonyl (C=O) groups is 2. The lowest BCUT2D eigenvalue weighted by atomic mass is 10.0. The summed E-state index contributed by atoms with van der Waals surface area (Å²) in [7, 11) is 0. The van der Waals surface area contributed by atoms with Crippen molar-refractivity contribution in [1.29, 1.82) is 0 Å². The molecule has 1 atom stereocenters. The maximum absolute atomic E-state index is 13.2. The second-order valence-electron chi connectivity index (χ2n) is 9.88. The zero-order valence-electron chi connectivity index (χ0n) is 19.2. The molecule has 1 unspecified atom stereocenters. The molecule has 1 fully saturated rings. The van der Waals surface area contributed by atoms with Crippen LogP contribution in [0.15, 0.2) is 30.5 Å². The van der Waals surface area contributed by atoms with Crippen LogP contribution in [0, 0.1) is 5.92 Å². The first-order valence-corrected chi connectivity index (χ1v) is 11.5. The molecule has 6 heteroatoms. The van der Waals surface area contributed by atoms with Crippen molar-refractivity contribution in [3.8, 4) is 0 Å². The number of anilines is 1. The van der Waals surface area contributed by atoms with Gasteiger partial charge in [0.05, 0.1) is 17.7 Å². The average Bonchev–Trinajstić information content (AvgIpc) is 3.35. The van der Waals surface area contributed by atoms with Crippen molar-refractivity contribution in [2.75, 3.05) is 18.0 Å². The minimum absolute atomic E-state index is 0.0397. The van der Waals surface area contributed by atoms with E-state index in [0.29, 0.717) is 26.1 Å². The molecular weight excluding hydrogens is 388 g/mol. The van der Waals surface area contributed by atoms with E-state index in [0.717, 1.165) is 24.1 Å². The van der Waals surface area contributed by atoms with Crippen molar-refractivity contribution in [2.24, 2.45) is 5.92 Å². The van der Waals surface area contributed by atoms with Gasteiger partial charge in [-0.15, -0.1) is 0 Å². The van der Waals surface area contributed by atoms with Crippen LogP contribution in [0.4, 0.5) is 5.69 Å². The van der Waals surface area contributed by atoms with E-state index in [4.69, 9.17) is 0 Å². The van der Waals surface area contributed by atoms with Gasteiger partial charge in [-0.25, -0.2) is 0 Å². The lowest BCUT2D eigenvalue weighted by molar-refractivity contribution is -0.136. The standard InChI is InChI=1S/C25H34N4O2/c1-5-6-7-18-8-10-21(11-9-18)28-17-19(14-23(28)30)24(31)27-13-12-22-20(16-27)15-26-29(22)25(2,3)4/h8-11,15,19H,5-7,12-14,16-17H2,1-4H3. The first-order valence-electron chi connectivity index (χ1n) is 11.5. The smallest absolute Gasteiger partial charge is 0.228 e. The second-order valence-corrected chi connectivity index (χ2v) is 9.88. The molecule has 3 heterocycles. The second kappa shape index (κ2) is 8.48. The molecule has 2 aromatic rings. The fraction of sp³-hybridized carbons (Fsp3) is 0.560. The molecule has 1 aromatic heterocycles. The molecule has 2 aliphatic heterocycles. The molecule has 1 aromatic carbocycles. The molecule has 0 aliphatic carbocycles. The summed E-state index contributed by atoms with van der Waals surface area (Å²) < 4.78 is 2.08. The molecule has 1 saturated heterocycles. The van der Waals surface area contributed by atoms with Crippen molar-refractivity contribution >= 4 is 17.5 Å². The first-order chi connectivity index (χ1) is 14.8. The summed E-state index contributed by atoms with van der Waals surface area (Å²) in [6.07, 6.45) is 6.40. The fourth-order valence-corrected chi connectivity index (χ4v) is 4.70. The van der Waals surface area contributed by atoms with Crippen LogP contribution in [-0.4, -0.2) is 39.6 Å². The Kier molecular flexibility index (Phi) is 5.91. The number of nitrogens with zero attached hydrogens (tertiary/aromatic N) is 4. The van der Waals surface area contributed by atoms with Crippen molar-refractivity contribution in [3.63, 3.8) is 0 Å². The summed E-state index contributed by atoms with van der Waals surface area (Å²) in [5.41, 5.74) is 4.48. The van der Waals surface area contributed by atoms with Gasteiger partial charge >= 0.3 is 0 Å². The Labute approximate surface area is 185 Å². The van der Waals surface area contributed by atoms with E-state index in [1.54, 1.807) is 4.90 Å². The number of carbonyl (C=O) groups excluding carboxylic acids is 2. The number of aromatic nitrogens is 2. The lowest BCUT2D eigenvalue weighted by Crippen LogP contribution is -2.41. The van der Waals surface area contributed by atoms with Gasteiger partial charge in [0.1, 0.15) is 0 Å². The zero-order chi connectivity index (χ0) is 22.2. The van der Waals surface area contributed by atoms with Gasteiger partial charge in [0.25, 0.3) is 0 Å². The minimum atomic E-state index is -0.272. The highest BCUT2D eigenvalue weighted by molar-refractivity contribution is 6.00. The fourth-order valence-electron chi connectivity index (χ4n) is 4.70. The van der Waals surface area contributed by atoms with Crippen LogP contribution in [0.25, 0.3) is 0 Å². The third kappa shape index (κ3) is 4.39. The van der Waals surface area contributed by atoms with Gasteiger partial charge in [-0.3, -0.25) is 14.3 Å². The van der Waals surface area contributed by atoms with Crippen LogP contribution in [0.3, 0.4) is 0 Å². The van der Waals surface area contributed by atoms with E-state index in [1.807, 2.05) is 23.2 Å². The third-order valence-corrected chi connectivity index (χ3v) is 6.42. The molecule has 166 valence electrons. The molecule has 31 heavy (non-hydrogen) atoms. The number of fused-ring (bicyclic) bond motifs is 1. The highest BCUT2D eigenvalue weighted by Crippen LogP contribution is 2.30. The zero-order valence-corrected chi connectivity index (χ0v) is 19.2. The molecular formula is C25H34N4O2. The van der Waals surface area contributed by atoms with E-state index >= 15 is 0 Å². The van der Waals surface area contributed by atoms with E-state index in [9.17, 15) is 9.59 Å². The first kappa shape index (κ1) is 21.6. The quantitative estimate of drug-likeness (QED) is 0.734.